The second kappa shape index (κ2) is 6.41. The van der Waals surface area contributed by atoms with Crippen molar-refractivity contribution in [3.8, 4) is 0 Å². The van der Waals surface area contributed by atoms with Gasteiger partial charge in [-0.3, -0.25) is 4.79 Å². The summed E-state index contributed by atoms with van der Waals surface area (Å²) in [7, 11) is 0. The molecule has 1 aliphatic heterocycles. The topological polar surface area (TPSA) is 51.3 Å². The van der Waals surface area contributed by atoms with Crippen LogP contribution in [0.4, 0.5) is 0 Å². The zero-order valence-corrected chi connectivity index (χ0v) is 14.6. The molecule has 0 spiro atoms. The summed E-state index contributed by atoms with van der Waals surface area (Å²) in [6.45, 7) is 12.8. The van der Waals surface area contributed by atoms with E-state index in [9.17, 15) is 4.79 Å². The Labute approximate surface area is 134 Å². The highest BCUT2D eigenvalue weighted by Crippen LogP contribution is 2.30. The maximum absolute atomic E-state index is 12.7. The molecule has 0 radical (unpaired) electrons. The third-order valence-electron chi connectivity index (χ3n) is 4.57. The molecule has 1 aromatic heterocycles. The van der Waals surface area contributed by atoms with Crippen molar-refractivity contribution in [2.75, 3.05) is 19.6 Å². The van der Waals surface area contributed by atoms with Crippen molar-refractivity contribution in [1.82, 2.24) is 9.47 Å². The number of hydrogen-bond donors (Lipinski definition) is 1. The van der Waals surface area contributed by atoms with Gasteiger partial charge in [-0.25, -0.2) is 0 Å². The molecule has 1 aromatic rings. The Kier molecular flexibility index (Phi) is 5.51. The van der Waals surface area contributed by atoms with Crippen LogP contribution in [0, 0.1) is 19.3 Å². The van der Waals surface area contributed by atoms with E-state index >= 15 is 0 Å². The summed E-state index contributed by atoms with van der Waals surface area (Å²) >= 11 is 0. The van der Waals surface area contributed by atoms with Gasteiger partial charge in [0.1, 0.15) is 0 Å². The summed E-state index contributed by atoms with van der Waals surface area (Å²) in [4.78, 5) is 14.7. The van der Waals surface area contributed by atoms with E-state index in [0.717, 1.165) is 36.5 Å². The Morgan fingerprint density at radius 1 is 1.43 bits per heavy atom. The number of carbonyl (C=O) groups excluding carboxylic acids is 1. The zero-order valence-electron chi connectivity index (χ0n) is 13.8. The summed E-state index contributed by atoms with van der Waals surface area (Å²) in [6, 6.07) is 2.40. The van der Waals surface area contributed by atoms with Crippen molar-refractivity contribution in [2.45, 2.75) is 47.1 Å². The van der Waals surface area contributed by atoms with E-state index in [4.69, 9.17) is 5.73 Å². The highest BCUT2D eigenvalue weighted by molar-refractivity contribution is 5.96. The van der Waals surface area contributed by atoms with Crippen LogP contribution >= 0.6 is 12.4 Å². The van der Waals surface area contributed by atoms with Crippen molar-refractivity contribution in [3.05, 3.63) is 23.0 Å². The second-order valence-electron chi connectivity index (χ2n) is 6.74. The molecule has 1 fully saturated rings. The molecule has 5 heteroatoms. The van der Waals surface area contributed by atoms with Gasteiger partial charge in [0.05, 0.1) is 5.56 Å². The van der Waals surface area contributed by atoms with Crippen LogP contribution < -0.4 is 5.73 Å². The molecule has 1 saturated heterocycles. The number of aromatic nitrogens is 1. The summed E-state index contributed by atoms with van der Waals surface area (Å²) < 4.78 is 2.23. The summed E-state index contributed by atoms with van der Waals surface area (Å²) in [5.74, 6) is 0.155. The molecule has 1 atom stereocenters. The minimum Gasteiger partial charge on any atom is -0.346 e. The molecule has 2 heterocycles. The van der Waals surface area contributed by atoms with Gasteiger partial charge in [0.15, 0.2) is 0 Å². The lowest BCUT2D eigenvalue weighted by atomic mass is 9.90. The molecule has 0 bridgehead atoms. The number of amides is 1. The number of nitrogens with zero attached hydrogens (tertiary/aromatic N) is 2. The van der Waals surface area contributed by atoms with Crippen LogP contribution in [0.3, 0.4) is 0 Å². The average Bonchev–Trinajstić information content (AvgIpc) is 2.90. The van der Waals surface area contributed by atoms with Crippen molar-refractivity contribution in [1.29, 1.82) is 0 Å². The predicted octanol–water partition coefficient (Wildman–Crippen LogP) is 2.92. The maximum Gasteiger partial charge on any atom is 0.255 e. The molecule has 120 valence electrons. The van der Waals surface area contributed by atoms with Gasteiger partial charge in [-0.1, -0.05) is 6.92 Å². The van der Waals surface area contributed by atoms with Gasteiger partial charge >= 0.3 is 0 Å². The number of halogens is 1. The van der Waals surface area contributed by atoms with Crippen LogP contribution in [-0.4, -0.2) is 35.0 Å². The average molecular weight is 314 g/mol. The monoisotopic (exact) mass is 313 g/mol. The maximum atomic E-state index is 12.7. The predicted molar refractivity (Wildman–Crippen MR) is 89.2 cm³/mol. The fourth-order valence-electron chi connectivity index (χ4n) is 3.32. The van der Waals surface area contributed by atoms with Crippen molar-refractivity contribution in [3.63, 3.8) is 0 Å². The van der Waals surface area contributed by atoms with Crippen LogP contribution in [0.1, 0.15) is 55.0 Å². The van der Waals surface area contributed by atoms with Gasteiger partial charge in [-0.15, -0.1) is 12.4 Å². The van der Waals surface area contributed by atoms with Crippen LogP contribution in [0.15, 0.2) is 6.07 Å². The summed E-state index contributed by atoms with van der Waals surface area (Å²) in [6.07, 6.45) is 0.998. The van der Waals surface area contributed by atoms with E-state index < -0.39 is 0 Å². The fourth-order valence-corrected chi connectivity index (χ4v) is 3.32. The van der Waals surface area contributed by atoms with E-state index in [-0.39, 0.29) is 23.7 Å². The number of likely N-dealkylation sites (tertiary alicyclic amines) is 1. The normalized spacial score (nSPS) is 21.8. The standard InChI is InChI=1S/C16H27N3O.ClH/c1-11(2)19-12(3)8-14(13(19)4)15(20)18-7-6-16(5,9-17)10-18;/h8,11H,6-7,9-10,17H2,1-5H3;1H. The fraction of sp³-hybridized carbons (Fsp3) is 0.688. The van der Waals surface area contributed by atoms with Gasteiger partial charge < -0.3 is 15.2 Å². The Hall–Kier alpha value is -1.000. The van der Waals surface area contributed by atoms with Crippen molar-refractivity contribution in [2.24, 2.45) is 11.1 Å². The zero-order chi connectivity index (χ0) is 15.1. The molecule has 4 nitrogen and oxygen atoms in total. The van der Waals surface area contributed by atoms with E-state index in [2.05, 4.69) is 32.3 Å². The SMILES string of the molecule is Cc1cc(C(=O)N2CCC(C)(CN)C2)c(C)n1C(C)C.Cl. The minimum atomic E-state index is 0. The Morgan fingerprint density at radius 3 is 2.48 bits per heavy atom. The quantitative estimate of drug-likeness (QED) is 0.933. The van der Waals surface area contributed by atoms with Gasteiger partial charge in [0, 0.05) is 30.5 Å². The smallest absolute Gasteiger partial charge is 0.255 e. The van der Waals surface area contributed by atoms with Crippen LogP contribution in [0.25, 0.3) is 0 Å². The van der Waals surface area contributed by atoms with Gasteiger partial charge in [-0.05, 0) is 52.1 Å². The molecule has 21 heavy (non-hydrogen) atoms. The van der Waals surface area contributed by atoms with Crippen LogP contribution in [0.5, 0.6) is 0 Å². The van der Waals surface area contributed by atoms with E-state index in [1.54, 1.807) is 0 Å². The minimum absolute atomic E-state index is 0. The molecule has 0 aromatic carbocycles. The lowest BCUT2D eigenvalue weighted by Crippen LogP contribution is -2.34. The molecule has 0 saturated carbocycles. The lowest BCUT2D eigenvalue weighted by Gasteiger charge is -2.22. The number of carbonyl (C=O) groups is 1. The largest absolute Gasteiger partial charge is 0.346 e. The summed E-state index contributed by atoms with van der Waals surface area (Å²) in [5.41, 5.74) is 8.98. The number of aryl methyl sites for hydroxylation is 1. The third-order valence-corrected chi connectivity index (χ3v) is 4.57. The van der Waals surface area contributed by atoms with Crippen LogP contribution in [-0.2, 0) is 0 Å². The molecule has 1 aliphatic rings. The lowest BCUT2D eigenvalue weighted by molar-refractivity contribution is 0.0776. The first-order valence-electron chi connectivity index (χ1n) is 7.47. The third kappa shape index (κ3) is 3.27. The molecule has 2 N–H and O–H groups in total. The van der Waals surface area contributed by atoms with E-state index in [1.807, 2.05) is 17.9 Å². The Balaban J connectivity index is 0.00000220. The van der Waals surface area contributed by atoms with Crippen molar-refractivity contribution >= 4 is 18.3 Å². The first-order chi connectivity index (χ1) is 9.29. The van der Waals surface area contributed by atoms with Crippen molar-refractivity contribution < 1.29 is 4.79 Å². The number of hydrogen-bond acceptors (Lipinski definition) is 2. The molecule has 2 rings (SSSR count). The van der Waals surface area contributed by atoms with Crippen LogP contribution in [0.2, 0.25) is 0 Å². The van der Waals surface area contributed by atoms with Gasteiger partial charge in [0.2, 0.25) is 0 Å². The number of rotatable bonds is 3. The first kappa shape index (κ1) is 18.1. The summed E-state index contributed by atoms with van der Waals surface area (Å²) in [5, 5.41) is 0. The molecular formula is C16H28ClN3O. The highest BCUT2D eigenvalue weighted by Gasteiger charge is 2.36. The Bertz CT molecular complexity index is 524. The van der Waals surface area contributed by atoms with E-state index in [0.29, 0.717) is 12.6 Å². The van der Waals surface area contributed by atoms with E-state index in [1.165, 1.54) is 0 Å². The molecule has 1 amide bonds. The molecule has 1 unspecified atom stereocenters. The molecular weight excluding hydrogens is 286 g/mol. The number of nitrogens with two attached hydrogens (primary N) is 1. The molecule has 0 aliphatic carbocycles. The second-order valence-corrected chi connectivity index (χ2v) is 6.74. The van der Waals surface area contributed by atoms with Gasteiger partial charge in [-0.2, -0.15) is 0 Å². The first-order valence-corrected chi connectivity index (χ1v) is 7.47. The van der Waals surface area contributed by atoms with Gasteiger partial charge in [0.25, 0.3) is 5.91 Å². The Morgan fingerprint density at radius 2 is 2.05 bits per heavy atom. The highest BCUT2D eigenvalue weighted by atomic mass is 35.5.